The van der Waals surface area contributed by atoms with Crippen LogP contribution in [0.4, 0.5) is 0 Å². The molecule has 0 N–H and O–H groups in total. The fourth-order valence-corrected chi connectivity index (χ4v) is 2.09. The summed E-state index contributed by atoms with van der Waals surface area (Å²) in [5.74, 6) is 0.866. The molecule has 15 heavy (non-hydrogen) atoms. The fraction of sp³-hybridized carbons (Fsp3) is 1.00. The number of likely N-dealkylation sites (tertiary alicyclic amines) is 1. The van der Waals surface area contributed by atoms with Crippen molar-refractivity contribution < 1.29 is 0 Å². The molecule has 1 rings (SSSR count). The van der Waals surface area contributed by atoms with Gasteiger partial charge in [-0.1, -0.05) is 41.0 Å². The summed E-state index contributed by atoms with van der Waals surface area (Å²) in [7, 11) is 0. The molecule has 1 heterocycles. The van der Waals surface area contributed by atoms with Crippen LogP contribution in [0.2, 0.25) is 0 Å². The smallest absolute Gasteiger partial charge is 0.00505 e. The van der Waals surface area contributed by atoms with Gasteiger partial charge in [0.25, 0.3) is 0 Å². The number of hydrogen-bond donors (Lipinski definition) is 0. The minimum atomic E-state index is 0.633. The maximum Gasteiger partial charge on any atom is 0.00505 e. The summed E-state index contributed by atoms with van der Waals surface area (Å²) in [5.41, 5.74) is 0.633. The van der Waals surface area contributed by atoms with Crippen LogP contribution in [-0.4, -0.2) is 24.0 Å². The lowest BCUT2D eigenvalue weighted by Crippen LogP contribution is -2.57. The van der Waals surface area contributed by atoms with Gasteiger partial charge in [-0.3, -0.25) is 4.90 Å². The van der Waals surface area contributed by atoms with E-state index in [1.165, 1.54) is 25.9 Å². The zero-order chi connectivity index (χ0) is 12.1. The lowest BCUT2D eigenvalue weighted by atomic mass is 9.76. The summed E-state index contributed by atoms with van der Waals surface area (Å²) in [5, 5.41) is 0. The molecule has 92 valence electrons. The van der Waals surface area contributed by atoms with Crippen molar-refractivity contribution in [2.24, 2.45) is 11.3 Å². The van der Waals surface area contributed by atoms with E-state index in [4.69, 9.17) is 0 Å². The van der Waals surface area contributed by atoms with Gasteiger partial charge in [0, 0.05) is 19.1 Å². The molecule has 1 nitrogen and oxygen atoms in total. The highest BCUT2D eigenvalue weighted by Gasteiger charge is 2.38. The third kappa shape index (κ3) is 5.01. The van der Waals surface area contributed by atoms with Crippen molar-refractivity contribution in [3.05, 3.63) is 0 Å². The predicted molar refractivity (Wildman–Crippen MR) is 70.2 cm³/mol. The summed E-state index contributed by atoms with van der Waals surface area (Å²) in [4.78, 5) is 2.57. The molecule has 0 bridgehead atoms. The normalized spacial score (nSPS) is 19.8. The van der Waals surface area contributed by atoms with Crippen LogP contribution in [0.15, 0.2) is 0 Å². The van der Waals surface area contributed by atoms with E-state index in [2.05, 4.69) is 39.5 Å². The number of rotatable bonds is 4. The molecular weight excluding hydrogens is 182 g/mol. The minimum Gasteiger partial charge on any atom is -0.300 e. The predicted octanol–water partition coefficient (Wildman–Crippen LogP) is 4.18. The Kier molecular flexibility index (Phi) is 6.51. The molecule has 0 saturated carbocycles. The molecule has 0 unspecified atom stereocenters. The fourth-order valence-electron chi connectivity index (χ4n) is 2.09. The Hall–Kier alpha value is -0.0400. The van der Waals surface area contributed by atoms with Gasteiger partial charge in [0.1, 0.15) is 0 Å². The van der Waals surface area contributed by atoms with Gasteiger partial charge in [0.2, 0.25) is 0 Å². The van der Waals surface area contributed by atoms with Crippen molar-refractivity contribution >= 4 is 0 Å². The molecule has 0 aromatic rings. The third-order valence-corrected chi connectivity index (χ3v) is 3.23. The Labute approximate surface area is 97.2 Å². The van der Waals surface area contributed by atoms with E-state index in [1.807, 2.05) is 13.8 Å². The van der Waals surface area contributed by atoms with Gasteiger partial charge in [0.05, 0.1) is 0 Å². The molecule has 0 radical (unpaired) electrons. The highest BCUT2D eigenvalue weighted by atomic mass is 15.2. The zero-order valence-electron chi connectivity index (χ0n) is 11.9. The van der Waals surface area contributed by atoms with Crippen molar-refractivity contribution in [3.63, 3.8) is 0 Å². The second-order valence-corrected chi connectivity index (χ2v) is 5.74. The highest BCUT2D eigenvalue weighted by Crippen LogP contribution is 2.36. The summed E-state index contributed by atoms with van der Waals surface area (Å²) in [6, 6.07) is 0.743. The molecule has 0 atom stereocenters. The van der Waals surface area contributed by atoms with E-state index in [0.29, 0.717) is 5.41 Å². The topological polar surface area (TPSA) is 3.24 Å². The van der Waals surface area contributed by atoms with Crippen molar-refractivity contribution in [2.45, 2.75) is 67.3 Å². The monoisotopic (exact) mass is 213 g/mol. The summed E-state index contributed by atoms with van der Waals surface area (Å²) < 4.78 is 0. The average Bonchev–Trinajstić information content (AvgIpc) is 2.13. The molecule has 0 aromatic carbocycles. The lowest BCUT2D eigenvalue weighted by molar-refractivity contribution is -0.0172. The number of nitrogens with zero attached hydrogens (tertiary/aromatic N) is 1. The molecule has 1 aliphatic rings. The molecule has 0 aliphatic carbocycles. The quantitative estimate of drug-likeness (QED) is 0.677. The van der Waals surface area contributed by atoms with Crippen LogP contribution in [0.1, 0.15) is 61.3 Å². The highest BCUT2D eigenvalue weighted by molar-refractivity contribution is 4.92. The second-order valence-electron chi connectivity index (χ2n) is 5.74. The Morgan fingerprint density at radius 3 is 1.87 bits per heavy atom. The van der Waals surface area contributed by atoms with Crippen molar-refractivity contribution in [1.29, 1.82) is 0 Å². The number of hydrogen-bond acceptors (Lipinski definition) is 1. The standard InChI is InChI=1S/C12H25N.C2H6/c1-10(2)6-7-12(5)8-13(9-12)11(3)4;1-2/h10-11H,6-9H2,1-5H3;1-2H3. The van der Waals surface area contributed by atoms with E-state index in [-0.39, 0.29) is 0 Å². The molecule has 0 spiro atoms. The van der Waals surface area contributed by atoms with Crippen molar-refractivity contribution in [3.8, 4) is 0 Å². The van der Waals surface area contributed by atoms with Crippen LogP contribution in [0, 0.1) is 11.3 Å². The molecule has 0 aromatic heterocycles. The van der Waals surface area contributed by atoms with Gasteiger partial charge >= 0.3 is 0 Å². The van der Waals surface area contributed by atoms with Crippen LogP contribution in [0.3, 0.4) is 0 Å². The lowest BCUT2D eigenvalue weighted by Gasteiger charge is -2.50. The van der Waals surface area contributed by atoms with E-state index in [0.717, 1.165) is 12.0 Å². The van der Waals surface area contributed by atoms with Crippen LogP contribution < -0.4 is 0 Å². The second kappa shape index (κ2) is 6.52. The van der Waals surface area contributed by atoms with Gasteiger partial charge in [-0.05, 0) is 31.6 Å². The SMILES string of the molecule is CC.CC(C)CCC1(C)CN(C(C)C)C1. The van der Waals surface area contributed by atoms with Crippen molar-refractivity contribution in [1.82, 2.24) is 4.90 Å². The average molecular weight is 213 g/mol. The first-order valence-electron chi connectivity index (χ1n) is 6.67. The summed E-state index contributed by atoms with van der Waals surface area (Å²) in [6.45, 7) is 18.3. The Bertz CT molecular complexity index is 149. The summed E-state index contributed by atoms with van der Waals surface area (Å²) in [6.07, 6.45) is 2.80. The molecule has 1 fully saturated rings. The molecule has 0 amide bonds. The molecule has 1 heteroatoms. The van der Waals surface area contributed by atoms with Gasteiger partial charge in [-0.2, -0.15) is 0 Å². The minimum absolute atomic E-state index is 0.633. The Morgan fingerprint density at radius 2 is 1.53 bits per heavy atom. The summed E-state index contributed by atoms with van der Waals surface area (Å²) >= 11 is 0. The molecular formula is C14H31N. The van der Waals surface area contributed by atoms with E-state index >= 15 is 0 Å². The van der Waals surface area contributed by atoms with E-state index < -0.39 is 0 Å². The Morgan fingerprint density at radius 1 is 1.07 bits per heavy atom. The third-order valence-electron chi connectivity index (χ3n) is 3.23. The van der Waals surface area contributed by atoms with Crippen LogP contribution in [0.25, 0.3) is 0 Å². The maximum absolute atomic E-state index is 2.57. The van der Waals surface area contributed by atoms with E-state index in [1.54, 1.807) is 0 Å². The first kappa shape index (κ1) is 15.0. The van der Waals surface area contributed by atoms with E-state index in [9.17, 15) is 0 Å². The maximum atomic E-state index is 2.57. The largest absolute Gasteiger partial charge is 0.300 e. The first-order valence-corrected chi connectivity index (χ1v) is 6.67. The van der Waals surface area contributed by atoms with Gasteiger partial charge in [-0.15, -0.1) is 0 Å². The van der Waals surface area contributed by atoms with Crippen LogP contribution in [0.5, 0.6) is 0 Å². The van der Waals surface area contributed by atoms with Gasteiger partial charge in [-0.25, -0.2) is 0 Å². The zero-order valence-corrected chi connectivity index (χ0v) is 11.9. The van der Waals surface area contributed by atoms with Gasteiger partial charge in [0.15, 0.2) is 0 Å². The molecule has 1 aliphatic heterocycles. The van der Waals surface area contributed by atoms with Crippen molar-refractivity contribution in [2.75, 3.05) is 13.1 Å². The molecule has 1 saturated heterocycles. The first-order chi connectivity index (χ1) is 6.93. The van der Waals surface area contributed by atoms with Crippen LogP contribution >= 0.6 is 0 Å². The van der Waals surface area contributed by atoms with Crippen LogP contribution in [-0.2, 0) is 0 Å². The van der Waals surface area contributed by atoms with Gasteiger partial charge < -0.3 is 0 Å². The Balaban J connectivity index is 0.000000921.